The average molecular weight is 456 g/mol. The van der Waals surface area contributed by atoms with Gasteiger partial charge in [-0.05, 0) is 47.5 Å². The Morgan fingerprint density at radius 3 is 2.52 bits per heavy atom. The normalized spacial score (nSPS) is 15.2. The fraction of sp³-hybridized carbons (Fsp3) is 0.167. The maximum atomic E-state index is 12.9. The molecule has 1 aliphatic rings. The summed E-state index contributed by atoms with van der Waals surface area (Å²) in [7, 11) is 0. The van der Waals surface area contributed by atoms with Crippen molar-refractivity contribution in [2.45, 2.75) is 25.2 Å². The second-order valence-electron chi connectivity index (χ2n) is 7.40. The number of amides is 2. The van der Waals surface area contributed by atoms with Gasteiger partial charge in [0.05, 0.1) is 5.56 Å². The molecule has 0 saturated heterocycles. The molecule has 0 unspecified atom stereocenters. The highest BCUT2D eigenvalue weighted by Gasteiger charge is 2.31. The van der Waals surface area contributed by atoms with E-state index >= 15 is 0 Å². The summed E-state index contributed by atoms with van der Waals surface area (Å²) in [6, 6.07) is 17.5. The number of ether oxygens (including phenoxy) is 2. The highest BCUT2D eigenvalue weighted by molar-refractivity contribution is 5.99. The first kappa shape index (κ1) is 22.2. The summed E-state index contributed by atoms with van der Waals surface area (Å²) in [6.45, 7) is 0.0621. The van der Waals surface area contributed by atoms with E-state index < -0.39 is 29.8 Å². The van der Waals surface area contributed by atoms with Crippen LogP contribution in [0.15, 0.2) is 72.8 Å². The van der Waals surface area contributed by atoms with E-state index in [1.54, 1.807) is 18.2 Å². The summed E-state index contributed by atoms with van der Waals surface area (Å²) in [4.78, 5) is 24.5. The molecule has 0 spiro atoms. The number of rotatable bonds is 5. The minimum atomic E-state index is -4.48. The molecule has 170 valence electrons. The molecule has 0 fully saturated rings. The van der Waals surface area contributed by atoms with E-state index in [9.17, 15) is 22.8 Å². The predicted octanol–water partition coefficient (Wildman–Crippen LogP) is 5.29. The second-order valence-corrected chi connectivity index (χ2v) is 7.40. The monoisotopic (exact) mass is 456 g/mol. The van der Waals surface area contributed by atoms with Gasteiger partial charge in [0.2, 0.25) is 5.91 Å². The lowest BCUT2D eigenvalue weighted by Crippen LogP contribution is -2.47. The largest absolute Gasteiger partial charge is 0.457 e. The van der Waals surface area contributed by atoms with Crippen molar-refractivity contribution in [2.75, 3.05) is 5.32 Å². The second kappa shape index (κ2) is 9.23. The first-order chi connectivity index (χ1) is 15.8. The minimum absolute atomic E-state index is 0.0313. The lowest BCUT2D eigenvalue weighted by Gasteiger charge is -2.25. The number of benzene rings is 3. The summed E-state index contributed by atoms with van der Waals surface area (Å²) < 4.78 is 49.5. The number of carbonyl (C=O) groups excluding carboxylic acids is 2. The Hall–Kier alpha value is -4.01. The Bertz CT molecular complexity index is 1170. The molecule has 0 saturated carbocycles. The van der Waals surface area contributed by atoms with Crippen molar-refractivity contribution in [1.82, 2.24) is 5.32 Å². The molecule has 1 aliphatic heterocycles. The van der Waals surface area contributed by atoms with E-state index in [2.05, 4.69) is 10.6 Å². The van der Waals surface area contributed by atoms with E-state index in [-0.39, 0.29) is 18.8 Å². The standard InChI is InChI=1S/C24H19F3N2O4/c25-24(26,27)17-7-4-8-18(13-17)33-19-9-10-20-16(11-19)12-21(22(30)28-20)29-23(31)32-14-15-5-2-1-3-6-15/h1-11,13,21H,12,14H2,(H,28,30)(H,29,31)/t21-/m0/s1. The molecule has 3 aromatic carbocycles. The van der Waals surface area contributed by atoms with Crippen molar-refractivity contribution in [3.05, 3.63) is 89.5 Å². The number of halogens is 3. The van der Waals surface area contributed by atoms with Gasteiger partial charge >= 0.3 is 12.3 Å². The number of hydrogen-bond acceptors (Lipinski definition) is 4. The van der Waals surface area contributed by atoms with Crippen molar-refractivity contribution in [3.63, 3.8) is 0 Å². The van der Waals surface area contributed by atoms with Gasteiger partial charge in [-0.1, -0.05) is 36.4 Å². The van der Waals surface area contributed by atoms with Gasteiger partial charge in [-0.15, -0.1) is 0 Å². The third-order valence-corrected chi connectivity index (χ3v) is 4.98. The third kappa shape index (κ3) is 5.62. The van der Waals surface area contributed by atoms with Crippen molar-refractivity contribution < 1.29 is 32.2 Å². The molecule has 9 heteroatoms. The maximum Gasteiger partial charge on any atom is 0.416 e. The molecule has 1 atom stereocenters. The zero-order valence-electron chi connectivity index (χ0n) is 17.2. The van der Waals surface area contributed by atoms with E-state index in [4.69, 9.17) is 9.47 Å². The summed E-state index contributed by atoms with van der Waals surface area (Å²) in [6.07, 6.45) is -5.05. The number of alkyl carbamates (subject to hydrolysis) is 1. The Morgan fingerprint density at radius 2 is 1.76 bits per heavy atom. The Labute approximate surface area is 187 Å². The van der Waals surface area contributed by atoms with Crippen LogP contribution in [0, 0.1) is 0 Å². The molecule has 33 heavy (non-hydrogen) atoms. The summed E-state index contributed by atoms with van der Waals surface area (Å²) in [5.41, 5.74) is 1.19. The summed E-state index contributed by atoms with van der Waals surface area (Å²) >= 11 is 0. The van der Waals surface area contributed by atoms with Crippen LogP contribution in [0.1, 0.15) is 16.7 Å². The number of fused-ring (bicyclic) bond motifs is 1. The fourth-order valence-electron chi connectivity index (χ4n) is 3.35. The van der Waals surface area contributed by atoms with Crippen LogP contribution >= 0.6 is 0 Å². The number of hydrogen-bond donors (Lipinski definition) is 2. The predicted molar refractivity (Wildman–Crippen MR) is 114 cm³/mol. The molecule has 3 aromatic rings. The van der Waals surface area contributed by atoms with E-state index in [1.165, 1.54) is 12.1 Å². The minimum Gasteiger partial charge on any atom is -0.457 e. The molecule has 0 aromatic heterocycles. The van der Waals surface area contributed by atoms with Gasteiger partial charge in [-0.2, -0.15) is 13.2 Å². The number of carbonyl (C=O) groups is 2. The SMILES string of the molecule is O=C(N[C@H]1Cc2cc(Oc3cccc(C(F)(F)F)c3)ccc2NC1=O)OCc1ccccc1. The van der Waals surface area contributed by atoms with Crippen molar-refractivity contribution in [3.8, 4) is 11.5 Å². The Morgan fingerprint density at radius 1 is 1.00 bits per heavy atom. The van der Waals surface area contributed by atoms with Gasteiger partial charge in [0.15, 0.2) is 0 Å². The molecule has 2 amide bonds. The van der Waals surface area contributed by atoms with E-state index in [1.807, 2.05) is 30.3 Å². The zero-order chi connectivity index (χ0) is 23.4. The molecular formula is C24H19F3N2O4. The van der Waals surface area contributed by atoms with Crippen molar-refractivity contribution >= 4 is 17.7 Å². The lowest BCUT2D eigenvalue weighted by atomic mass is 9.99. The van der Waals surface area contributed by atoms with Gasteiger partial charge in [-0.3, -0.25) is 4.79 Å². The van der Waals surface area contributed by atoms with Gasteiger partial charge < -0.3 is 20.1 Å². The first-order valence-corrected chi connectivity index (χ1v) is 10.0. The molecule has 2 N–H and O–H groups in total. The summed E-state index contributed by atoms with van der Waals surface area (Å²) in [5.74, 6) is -0.0656. The molecular weight excluding hydrogens is 437 g/mol. The maximum absolute atomic E-state index is 12.9. The molecule has 0 radical (unpaired) electrons. The lowest BCUT2D eigenvalue weighted by molar-refractivity contribution is -0.137. The number of nitrogens with one attached hydrogen (secondary N) is 2. The van der Waals surface area contributed by atoms with Gasteiger partial charge in [-0.25, -0.2) is 4.79 Å². The Balaban J connectivity index is 1.41. The van der Waals surface area contributed by atoms with Crippen LogP contribution in [-0.2, 0) is 28.7 Å². The number of alkyl halides is 3. The first-order valence-electron chi connectivity index (χ1n) is 10.0. The van der Waals surface area contributed by atoms with Crippen LogP contribution < -0.4 is 15.4 Å². The van der Waals surface area contributed by atoms with Crippen molar-refractivity contribution in [1.29, 1.82) is 0 Å². The van der Waals surface area contributed by atoms with Gasteiger partial charge in [0, 0.05) is 12.1 Å². The van der Waals surface area contributed by atoms with Crippen LogP contribution in [0.25, 0.3) is 0 Å². The Kier molecular flexibility index (Phi) is 6.21. The topological polar surface area (TPSA) is 76.7 Å². The van der Waals surface area contributed by atoms with Crippen molar-refractivity contribution in [2.24, 2.45) is 0 Å². The fourth-order valence-corrected chi connectivity index (χ4v) is 3.35. The highest BCUT2D eigenvalue weighted by atomic mass is 19.4. The van der Waals surface area contributed by atoms with Crippen LogP contribution in [0.4, 0.5) is 23.7 Å². The van der Waals surface area contributed by atoms with Crippen LogP contribution in [0.5, 0.6) is 11.5 Å². The van der Waals surface area contributed by atoms with Gasteiger partial charge in [0.1, 0.15) is 24.1 Å². The molecule has 0 aliphatic carbocycles. The zero-order valence-corrected chi connectivity index (χ0v) is 17.2. The molecule has 0 bridgehead atoms. The van der Waals surface area contributed by atoms with Crippen LogP contribution in [0.2, 0.25) is 0 Å². The average Bonchev–Trinajstić information content (AvgIpc) is 2.79. The third-order valence-electron chi connectivity index (χ3n) is 4.98. The van der Waals surface area contributed by atoms with E-state index in [0.717, 1.165) is 17.7 Å². The smallest absolute Gasteiger partial charge is 0.416 e. The highest BCUT2D eigenvalue weighted by Crippen LogP contribution is 2.34. The van der Waals surface area contributed by atoms with Crippen LogP contribution in [-0.4, -0.2) is 18.0 Å². The van der Waals surface area contributed by atoms with Gasteiger partial charge in [0.25, 0.3) is 0 Å². The molecule has 4 rings (SSSR count). The van der Waals surface area contributed by atoms with Crippen LogP contribution in [0.3, 0.4) is 0 Å². The number of anilines is 1. The molecule has 1 heterocycles. The van der Waals surface area contributed by atoms with E-state index in [0.29, 0.717) is 17.0 Å². The summed E-state index contributed by atoms with van der Waals surface area (Å²) in [5, 5.41) is 5.23. The molecule has 6 nitrogen and oxygen atoms in total. The quantitative estimate of drug-likeness (QED) is 0.547.